The zero-order chi connectivity index (χ0) is 28.4. The lowest BCUT2D eigenvalue weighted by molar-refractivity contribution is -0.136. The molecule has 12 heteroatoms. The van der Waals surface area contributed by atoms with Gasteiger partial charge in [-0.1, -0.05) is 24.3 Å². The number of imide groups is 1. The smallest absolute Gasteiger partial charge is 0.282 e. The van der Waals surface area contributed by atoms with Crippen molar-refractivity contribution in [3.8, 4) is 5.75 Å². The van der Waals surface area contributed by atoms with Crippen LogP contribution in [0, 0.1) is 0 Å². The standard InChI is InChI=1S/C29H29N5O6S/c35-25-9-8-24(27(36)31-25)33-17-22-21(28(33)37)6-7-23-26(22)40-18-29(23)10-12-32(13-11-29)15-19-14-30-34(16-19)41(38,39)20-4-2-1-3-5-20/h1-7,14,16,24H,8-13,15,17-18H2,(H,31,35,36). The summed E-state index contributed by atoms with van der Waals surface area (Å²) in [6.45, 7) is 3.03. The number of nitrogens with zero attached hydrogens (tertiary/aromatic N) is 4. The molecule has 1 unspecified atom stereocenters. The molecule has 1 aromatic heterocycles. The van der Waals surface area contributed by atoms with Crippen LogP contribution in [0.2, 0.25) is 0 Å². The van der Waals surface area contributed by atoms with Crippen LogP contribution < -0.4 is 10.1 Å². The Morgan fingerprint density at radius 1 is 1.05 bits per heavy atom. The van der Waals surface area contributed by atoms with Crippen LogP contribution in [0.15, 0.2) is 59.8 Å². The van der Waals surface area contributed by atoms with Crippen LogP contribution in [0.1, 0.15) is 52.7 Å². The summed E-state index contributed by atoms with van der Waals surface area (Å²) in [5.41, 5.74) is 3.16. The van der Waals surface area contributed by atoms with Crippen LogP contribution in [-0.2, 0) is 38.1 Å². The molecule has 0 radical (unpaired) electrons. The van der Waals surface area contributed by atoms with Gasteiger partial charge in [0.2, 0.25) is 11.8 Å². The van der Waals surface area contributed by atoms with Crippen molar-refractivity contribution in [3.63, 3.8) is 0 Å². The molecule has 0 bridgehead atoms. The summed E-state index contributed by atoms with van der Waals surface area (Å²) in [5, 5.41) is 6.47. The number of amides is 3. The maximum atomic E-state index is 13.2. The number of carbonyl (C=O) groups excluding carboxylic acids is 3. The van der Waals surface area contributed by atoms with E-state index in [0.29, 0.717) is 31.7 Å². The van der Waals surface area contributed by atoms with Crippen LogP contribution >= 0.6 is 0 Å². The lowest BCUT2D eigenvalue weighted by atomic mass is 9.74. The zero-order valence-corrected chi connectivity index (χ0v) is 23.1. The third-order valence-corrected chi connectivity index (χ3v) is 10.4. The SMILES string of the molecule is O=C1CCC(N2Cc3c(ccc4c3OCC43CCN(Cc4cnn(S(=O)(=O)c5ccccc5)c4)CC3)C2=O)C(=O)N1. The first-order valence-electron chi connectivity index (χ1n) is 13.8. The van der Waals surface area contributed by atoms with Crippen molar-refractivity contribution in [3.05, 3.63) is 77.1 Å². The minimum atomic E-state index is -3.73. The quantitative estimate of drug-likeness (QED) is 0.456. The number of rotatable bonds is 5. The first-order chi connectivity index (χ1) is 19.7. The lowest BCUT2D eigenvalue weighted by Crippen LogP contribution is -2.52. The van der Waals surface area contributed by atoms with E-state index in [1.165, 1.54) is 0 Å². The Kier molecular flexibility index (Phi) is 6.02. The van der Waals surface area contributed by atoms with E-state index >= 15 is 0 Å². The zero-order valence-electron chi connectivity index (χ0n) is 22.3. The molecular weight excluding hydrogens is 546 g/mol. The van der Waals surface area contributed by atoms with E-state index < -0.39 is 22.0 Å². The van der Waals surface area contributed by atoms with Gasteiger partial charge < -0.3 is 9.64 Å². The Hall–Kier alpha value is -4.03. The number of carbonyl (C=O) groups is 3. The van der Waals surface area contributed by atoms with E-state index in [4.69, 9.17) is 4.74 Å². The minimum absolute atomic E-state index is 0.160. The van der Waals surface area contributed by atoms with Gasteiger partial charge in [0, 0.05) is 46.8 Å². The highest BCUT2D eigenvalue weighted by molar-refractivity contribution is 7.89. The molecule has 1 N–H and O–H groups in total. The van der Waals surface area contributed by atoms with Gasteiger partial charge in [-0.15, -0.1) is 0 Å². The monoisotopic (exact) mass is 575 g/mol. The molecule has 2 aromatic carbocycles. The Morgan fingerprint density at radius 3 is 2.59 bits per heavy atom. The van der Waals surface area contributed by atoms with Gasteiger partial charge in [0.15, 0.2) is 0 Å². The van der Waals surface area contributed by atoms with Crippen molar-refractivity contribution in [2.75, 3.05) is 19.7 Å². The van der Waals surface area contributed by atoms with Gasteiger partial charge >= 0.3 is 0 Å². The predicted molar refractivity (Wildman–Crippen MR) is 145 cm³/mol. The molecule has 5 heterocycles. The molecular formula is C29H29N5O6S. The van der Waals surface area contributed by atoms with E-state index in [1.54, 1.807) is 47.6 Å². The van der Waals surface area contributed by atoms with Crippen molar-refractivity contribution in [2.24, 2.45) is 0 Å². The molecule has 3 amide bonds. The first kappa shape index (κ1) is 25.9. The second-order valence-electron chi connectivity index (χ2n) is 11.3. The third-order valence-electron chi connectivity index (χ3n) is 8.85. The minimum Gasteiger partial charge on any atom is -0.492 e. The maximum Gasteiger partial charge on any atom is 0.282 e. The van der Waals surface area contributed by atoms with Crippen molar-refractivity contribution >= 4 is 27.7 Å². The van der Waals surface area contributed by atoms with Gasteiger partial charge in [0.1, 0.15) is 11.8 Å². The summed E-state index contributed by atoms with van der Waals surface area (Å²) in [7, 11) is -3.73. The fraction of sp³-hybridized carbons (Fsp3) is 0.379. The van der Waals surface area contributed by atoms with Crippen molar-refractivity contribution in [1.29, 1.82) is 0 Å². The van der Waals surface area contributed by atoms with Gasteiger partial charge in [-0.25, -0.2) is 0 Å². The fourth-order valence-electron chi connectivity index (χ4n) is 6.55. The van der Waals surface area contributed by atoms with Crippen LogP contribution in [0.3, 0.4) is 0 Å². The number of likely N-dealkylation sites (tertiary alicyclic amines) is 1. The van der Waals surface area contributed by atoms with Crippen LogP contribution in [0.5, 0.6) is 5.75 Å². The summed E-state index contributed by atoms with van der Waals surface area (Å²) >= 11 is 0. The third kappa shape index (κ3) is 4.24. The molecule has 0 saturated carbocycles. The molecule has 2 fully saturated rings. The van der Waals surface area contributed by atoms with Crippen molar-refractivity contribution < 1.29 is 27.5 Å². The maximum absolute atomic E-state index is 13.2. The predicted octanol–water partition coefficient (Wildman–Crippen LogP) is 1.81. The summed E-state index contributed by atoms with van der Waals surface area (Å²) in [6.07, 6.45) is 5.45. The number of hydrogen-bond acceptors (Lipinski definition) is 8. The summed E-state index contributed by atoms with van der Waals surface area (Å²) < 4.78 is 33.1. The lowest BCUT2D eigenvalue weighted by Gasteiger charge is -2.38. The van der Waals surface area contributed by atoms with Gasteiger partial charge in [0.25, 0.3) is 15.9 Å². The van der Waals surface area contributed by atoms with E-state index in [1.807, 2.05) is 12.1 Å². The normalized spacial score (nSPS) is 22.0. The second-order valence-corrected chi connectivity index (χ2v) is 13.0. The largest absolute Gasteiger partial charge is 0.492 e. The van der Waals surface area contributed by atoms with Gasteiger partial charge in [0.05, 0.1) is 24.2 Å². The number of ether oxygens (including phenoxy) is 1. The highest BCUT2D eigenvalue weighted by Gasteiger charge is 2.47. The topological polar surface area (TPSA) is 131 Å². The number of benzene rings is 2. The second kappa shape index (κ2) is 9.52. The van der Waals surface area contributed by atoms with Crippen LogP contribution in [0.4, 0.5) is 0 Å². The Balaban J connectivity index is 1.04. The summed E-state index contributed by atoms with van der Waals surface area (Å²) in [5.74, 6) is -0.177. The summed E-state index contributed by atoms with van der Waals surface area (Å²) in [6, 6.07) is 11.5. The molecule has 3 aromatic rings. The summed E-state index contributed by atoms with van der Waals surface area (Å²) in [4.78, 5) is 41.3. The first-order valence-corrected chi connectivity index (χ1v) is 15.2. The highest BCUT2D eigenvalue weighted by Crippen LogP contribution is 2.49. The molecule has 4 aliphatic heterocycles. The molecule has 7 rings (SSSR count). The molecule has 11 nitrogen and oxygen atoms in total. The number of nitrogens with one attached hydrogen (secondary N) is 1. The average molecular weight is 576 g/mol. The number of hydrogen-bond donors (Lipinski definition) is 1. The Bertz CT molecular complexity index is 1680. The molecule has 1 spiro atoms. The van der Waals surface area contributed by atoms with Crippen molar-refractivity contribution in [2.45, 2.75) is 55.1 Å². The van der Waals surface area contributed by atoms with Gasteiger partial charge in [-0.2, -0.15) is 17.6 Å². The van der Waals surface area contributed by atoms with Gasteiger partial charge in [-0.3, -0.25) is 24.6 Å². The Labute approximate surface area is 237 Å². The number of aromatic nitrogens is 2. The molecule has 0 aliphatic carbocycles. The molecule has 212 valence electrons. The number of fused-ring (bicyclic) bond motifs is 4. The fourth-order valence-corrected chi connectivity index (χ4v) is 7.71. The van der Waals surface area contributed by atoms with Crippen LogP contribution in [-0.4, -0.2) is 70.9 Å². The van der Waals surface area contributed by atoms with E-state index in [2.05, 4.69) is 15.3 Å². The van der Waals surface area contributed by atoms with E-state index in [-0.39, 0.29) is 28.5 Å². The highest BCUT2D eigenvalue weighted by atomic mass is 32.2. The van der Waals surface area contributed by atoms with E-state index in [0.717, 1.165) is 52.5 Å². The Morgan fingerprint density at radius 2 is 1.83 bits per heavy atom. The van der Waals surface area contributed by atoms with Gasteiger partial charge in [-0.05, 0) is 50.6 Å². The molecule has 1 atom stereocenters. The van der Waals surface area contributed by atoms with E-state index in [9.17, 15) is 22.8 Å². The molecule has 41 heavy (non-hydrogen) atoms. The average Bonchev–Trinajstić information content (AvgIpc) is 3.68. The number of piperidine rings is 2. The van der Waals surface area contributed by atoms with Crippen LogP contribution in [0.25, 0.3) is 0 Å². The van der Waals surface area contributed by atoms with Crippen molar-refractivity contribution in [1.82, 2.24) is 24.3 Å². The molecule has 4 aliphatic rings. The molecule has 2 saturated heterocycles.